The Balaban J connectivity index is 2.41. The van der Waals surface area contributed by atoms with Crippen LogP contribution < -0.4 is 10.1 Å². The fourth-order valence-electron chi connectivity index (χ4n) is 2.14. The van der Waals surface area contributed by atoms with Gasteiger partial charge in [0, 0.05) is 10.0 Å². The summed E-state index contributed by atoms with van der Waals surface area (Å²) in [6, 6.07) is 7.91. The van der Waals surface area contributed by atoms with Gasteiger partial charge in [0.05, 0.1) is 21.3 Å². The molecule has 0 saturated heterocycles. The van der Waals surface area contributed by atoms with E-state index >= 15 is 0 Å². The van der Waals surface area contributed by atoms with Gasteiger partial charge < -0.3 is 10.1 Å². The summed E-state index contributed by atoms with van der Waals surface area (Å²) in [4.78, 5) is 0. The summed E-state index contributed by atoms with van der Waals surface area (Å²) < 4.78 is 7.91. The van der Waals surface area contributed by atoms with Gasteiger partial charge in [-0.25, -0.2) is 0 Å². The Bertz CT molecular complexity index is 618. The maximum absolute atomic E-state index is 6.31. The standard InChI is InChI=1S/C15H16BrCl2NOS/c1-3-19-14(11-8-13(17)21-15(11)18)10-6-5-9(20-4-2)7-12(10)16/h5-8,14,19H,3-4H2,1-2H3. The topological polar surface area (TPSA) is 21.3 Å². The minimum atomic E-state index is -0.00342. The van der Waals surface area contributed by atoms with E-state index in [0.717, 1.165) is 27.9 Å². The smallest absolute Gasteiger partial charge is 0.120 e. The summed E-state index contributed by atoms with van der Waals surface area (Å²) in [5.74, 6) is 0.845. The molecule has 1 heterocycles. The summed E-state index contributed by atoms with van der Waals surface area (Å²) in [6.07, 6.45) is 0. The lowest BCUT2D eigenvalue weighted by Crippen LogP contribution is -2.22. The highest BCUT2D eigenvalue weighted by Crippen LogP contribution is 2.39. The normalized spacial score (nSPS) is 12.4. The molecule has 0 saturated carbocycles. The van der Waals surface area contributed by atoms with Crippen LogP contribution in [0.15, 0.2) is 28.7 Å². The molecule has 0 aliphatic heterocycles. The first-order chi connectivity index (χ1) is 10.1. The van der Waals surface area contributed by atoms with Crippen LogP contribution in [0.5, 0.6) is 5.75 Å². The van der Waals surface area contributed by atoms with E-state index in [2.05, 4.69) is 28.2 Å². The number of ether oxygens (including phenoxy) is 1. The Morgan fingerprint density at radius 1 is 1.24 bits per heavy atom. The molecule has 0 bridgehead atoms. The predicted molar refractivity (Wildman–Crippen MR) is 95.2 cm³/mol. The van der Waals surface area contributed by atoms with Crippen LogP contribution in [0.4, 0.5) is 0 Å². The van der Waals surface area contributed by atoms with E-state index < -0.39 is 0 Å². The molecule has 114 valence electrons. The van der Waals surface area contributed by atoms with E-state index in [9.17, 15) is 0 Å². The van der Waals surface area contributed by atoms with Crippen molar-refractivity contribution in [2.75, 3.05) is 13.2 Å². The Morgan fingerprint density at radius 2 is 2.00 bits per heavy atom. The minimum Gasteiger partial charge on any atom is -0.494 e. The maximum atomic E-state index is 6.31. The third-order valence-electron chi connectivity index (χ3n) is 3.00. The average molecular weight is 409 g/mol. The van der Waals surface area contributed by atoms with Crippen molar-refractivity contribution in [3.05, 3.63) is 48.5 Å². The van der Waals surface area contributed by atoms with Crippen molar-refractivity contribution >= 4 is 50.5 Å². The average Bonchev–Trinajstić information content (AvgIpc) is 2.76. The van der Waals surface area contributed by atoms with E-state index in [4.69, 9.17) is 27.9 Å². The van der Waals surface area contributed by atoms with Crippen LogP contribution >= 0.6 is 50.5 Å². The molecule has 0 aliphatic rings. The molecule has 0 fully saturated rings. The second-order valence-corrected chi connectivity index (χ2v) is 7.53. The lowest BCUT2D eigenvalue weighted by Gasteiger charge is -2.20. The summed E-state index contributed by atoms with van der Waals surface area (Å²) >= 11 is 17.4. The third-order valence-corrected chi connectivity index (χ3v) is 5.20. The van der Waals surface area contributed by atoms with Gasteiger partial charge in [-0.2, -0.15) is 0 Å². The van der Waals surface area contributed by atoms with Crippen molar-refractivity contribution in [1.82, 2.24) is 5.32 Å². The molecule has 0 radical (unpaired) electrons. The van der Waals surface area contributed by atoms with Gasteiger partial charge in [-0.1, -0.05) is 52.1 Å². The van der Waals surface area contributed by atoms with Crippen LogP contribution in [0.2, 0.25) is 8.67 Å². The third kappa shape index (κ3) is 4.14. The molecule has 1 atom stereocenters. The number of benzene rings is 1. The highest BCUT2D eigenvalue weighted by atomic mass is 79.9. The van der Waals surface area contributed by atoms with Crippen LogP contribution in [0.1, 0.15) is 31.0 Å². The zero-order valence-electron chi connectivity index (χ0n) is 11.8. The van der Waals surface area contributed by atoms with E-state index in [1.807, 2.05) is 31.2 Å². The second kappa shape index (κ2) is 7.84. The van der Waals surface area contributed by atoms with Gasteiger partial charge in [0.15, 0.2) is 0 Å². The van der Waals surface area contributed by atoms with Crippen LogP contribution in [0.3, 0.4) is 0 Å². The van der Waals surface area contributed by atoms with Gasteiger partial charge in [-0.3, -0.25) is 0 Å². The molecular formula is C15H16BrCl2NOS. The summed E-state index contributed by atoms with van der Waals surface area (Å²) in [7, 11) is 0. The van der Waals surface area contributed by atoms with Crippen molar-refractivity contribution in [3.8, 4) is 5.75 Å². The number of thiophene rings is 1. The Morgan fingerprint density at radius 3 is 2.52 bits per heavy atom. The molecular weight excluding hydrogens is 393 g/mol. The van der Waals surface area contributed by atoms with Crippen LogP contribution in [-0.2, 0) is 0 Å². The molecule has 21 heavy (non-hydrogen) atoms. The van der Waals surface area contributed by atoms with Gasteiger partial charge in [-0.15, -0.1) is 11.3 Å². The van der Waals surface area contributed by atoms with Crippen molar-refractivity contribution in [2.24, 2.45) is 0 Å². The van der Waals surface area contributed by atoms with Gasteiger partial charge in [0.1, 0.15) is 5.75 Å². The Kier molecular flexibility index (Phi) is 6.38. The van der Waals surface area contributed by atoms with E-state index in [0.29, 0.717) is 15.3 Å². The molecule has 1 N–H and O–H groups in total. The molecule has 2 nitrogen and oxygen atoms in total. The number of nitrogens with one attached hydrogen (secondary N) is 1. The Hall–Kier alpha value is -0.260. The quantitative estimate of drug-likeness (QED) is 0.640. The first-order valence-electron chi connectivity index (χ1n) is 6.67. The largest absolute Gasteiger partial charge is 0.494 e. The lowest BCUT2D eigenvalue weighted by atomic mass is 10.0. The van der Waals surface area contributed by atoms with E-state index in [-0.39, 0.29) is 6.04 Å². The number of hydrogen-bond acceptors (Lipinski definition) is 3. The molecule has 2 aromatic rings. The zero-order chi connectivity index (χ0) is 15.4. The fourth-order valence-corrected chi connectivity index (χ4v) is 4.26. The molecule has 6 heteroatoms. The first-order valence-corrected chi connectivity index (χ1v) is 9.03. The molecule has 2 rings (SSSR count). The zero-order valence-corrected chi connectivity index (χ0v) is 15.7. The van der Waals surface area contributed by atoms with Crippen LogP contribution in [-0.4, -0.2) is 13.2 Å². The maximum Gasteiger partial charge on any atom is 0.120 e. The molecule has 1 unspecified atom stereocenters. The number of hydrogen-bond donors (Lipinski definition) is 1. The lowest BCUT2D eigenvalue weighted by molar-refractivity contribution is 0.340. The fraction of sp³-hybridized carbons (Fsp3) is 0.333. The van der Waals surface area contributed by atoms with Crippen molar-refractivity contribution < 1.29 is 4.74 Å². The molecule has 0 aliphatic carbocycles. The molecule has 0 amide bonds. The molecule has 1 aromatic heterocycles. The van der Waals surface area contributed by atoms with Crippen molar-refractivity contribution in [1.29, 1.82) is 0 Å². The monoisotopic (exact) mass is 407 g/mol. The Labute approximate surface area is 147 Å². The highest BCUT2D eigenvalue weighted by molar-refractivity contribution is 9.10. The number of rotatable bonds is 6. The van der Waals surface area contributed by atoms with E-state index in [1.165, 1.54) is 11.3 Å². The first kappa shape index (κ1) is 17.1. The highest BCUT2D eigenvalue weighted by Gasteiger charge is 2.21. The van der Waals surface area contributed by atoms with Crippen molar-refractivity contribution in [3.63, 3.8) is 0 Å². The number of halogens is 3. The van der Waals surface area contributed by atoms with Crippen molar-refractivity contribution in [2.45, 2.75) is 19.9 Å². The summed E-state index contributed by atoms with van der Waals surface area (Å²) in [6.45, 7) is 5.51. The minimum absolute atomic E-state index is 0.00342. The van der Waals surface area contributed by atoms with Gasteiger partial charge >= 0.3 is 0 Å². The molecule has 1 aromatic carbocycles. The summed E-state index contributed by atoms with van der Waals surface area (Å²) in [5.41, 5.74) is 2.11. The SMILES string of the molecule is CCNC(c1ccc(OCC)cc1Br)c1cc(Cl)sc1Cl. The second-order valence-electron chi connectivity index (χ2n) is 4.39. The van der Waals surface area contributed by atoms with Gasteiger partial charge in [0.25, 0.3) is 0 Å². The summed E-state index contributed by atoms with van der Waals surface area (Å²) in [5, 5.41) is 3.45. The molecule has 0 spiro atoms. The predicted octanol–water partition coefficient (Wildman–Crippen LogP) is 5.92. The van der Waals surface area contributed by atoms with E-state index in [1.54, 1.807) is 0 Å². The van der Waals surface area contributed by atoms with Crippen LogP contribution in [0.25, 0.3) is 0 Å². The van der Waals surface area contributed by atoms with Gasteiger partial charge in [0.2, 0.25) is 0 Å². The van der Waals surface area contributed by atoms with Crippen LogP contribution in [0, 0.1) is 0 Å². The van der Waals surface area contributed by atoms with Gasteiger partial charge in [-0.05, 0) is 37.2 Å².